The van der Waals surface area contributed by atoms with Crippen molar-refractivity contribution in [2.24, 2.45) is 0 Å². The Morgan fingerprint density at radius 2 is 1.30 bits per heavy atom. The fourth-order valence-corrected chi connectivity index (χ4v) is 2.38. The van der Waals surface area contributed by atoms with Crippen molar-refractivity contribution < 1.29 is 14.4 Å². The number of carbonyl (C=O) groups excluding carboxylic acids is 3. The minimum absolute atomic E-state index is 0.191. The smallest absolute Gasteiger partial charge is 0.253 e. The molecular formula is C15H22ClNO3. The Labute approximate surface area is 125 Å². The van der Waals surface area contributed by atoms with E-state index in [1.807, 2.05) is 0 Å². The van der Waals surface area contributed by atoms with Crippen LogP contribution in [0.5, 0.6) is 0 Å². The minimum atomic E-state index is -0.245. The highest BCUT2D eigenvalue weighted by Crippen LogP contribution is 2.11. The number of hydrogen-bond acceptors (Lipinski definition) is 3. The predicted octanol–water partition coefficient (Wildman–Crippen LogP) is 3.19. The first-order valence-electron chi connectivity index (χ1n) is 7.33. The summed E-state index contributed by atoms with van der Waals surface area (Å²) in [5.41, 5.74) is 0. The summed E-state index contributed by atoms with van der Waals surface area (Å²) in [7, 11) is 0. The van der Waals surface area contributed by atoms with Crippen LogP contribution in [-0.4, -0.2) is 28.5 Å². The van der Waals surface area contributed by atoms with Crippen LogP contribution in [0.25, 0.3) is 0 Å². The van der Waals surface area contributed by atoms with E-state index in [-0.39, 0.29) is 17.1 Å². The fraction of sp³-hybridized carbons (Fsp3) is 0.667. The van der Waals surface area contributed by atoms with Crippen molar-refractivity contribution in [3.8, 4) is 0 Å². The van der Waals surface area contributed by atoms with Gasteiger partial charge in [-0.2, -0.15) is 0 Å². The topological polar surface area (TPSA) is 54.5 Å². The van der Waals surface area contributed by atoms with E-state index >= 15 is 0 Å². The lowest BCUT2D eigenvalue weighted by Crippen LogP contribution is -2.30. The van der Waals surface area contributed by atoms with Gasteiger partial charge in [-0.3, -0.25) is 19.3 Å². The summed E-state index contributed by atoms with van der Waals surface area (Å²) in [5.74, 6) is -0.382. The van der Waals surface area contributed by atoms with Gasteiger partial charge in [0.15, 0.2) is 0 Å². The number of rotatable bonds is 11. The van der Waals surface area contributed by atoms with Gasteiger partial charge < -0.3 is 0 Å². The van der Waals surface area contributed by atoms with Gasteiger partial charge in [0.1, 0.15) is 0 Å². The Hall–Kier alpha value is -1.16. The molecule has 0 aromatic carbocycles. The van der Waals surface area contributed by atoms with Crippen molar-refractivity contribution in [1.29, 1.82) is 0 Å². The zero-order chi connectivity index (χ0) is 14.8. The van der Waals surface area contributed by atoms with Crippen molar-refractivity contribution in [2.45, 2.75) is 57.8 Å². The van der Waals surface area contributed by atoms with Gasteiger partial charge >= 0.3 is 0 Å². The highest BCUT2D eigenvalue weighted by Gasteiger charge is 2.21. The standard InChI is InChI=1S/C15H22ClNO3/c16-13(18)9-7-5-3-1-2-4-6-8-12-17-14(19)10-11-15(17)20/h10-11H,1-9,12H2. The summed E-state index contributed by atoms with van der Waals surface area (Å²) in [6, 6.07) is 0. The number of unbranched alkanes of at least 4 members (excludes halogenated alkanes) is 7. The first kappa shape index (κ1) is 16.9. The largest absolute Gasteiger partial charge is 0.281 e. The summed E-state index contributed by atoms with van der Waals surface area (Å²) in [6.07, 6.45) is 11.6. The van der Waals surface area contributed by atoms with Crippen LogP contribution in [0.1, 0.15) is 57.8 Å². The lowest BCUT2D eigenvalue weighted by Gasteiger charge is -2.12. The van der Waals surface area contributed by atoms with Gasteiger partial charge in [-0.15, -0.1) is 0 Å². The molecule has 112 valence electrons. The molecule has 0 N–H and O–H groups in total. The van der Waals surface area contributed by atoms with Crippen LogP contribution in [0.4, 0.5) is 0 Å². The molecule has 20 heavy (non-hydrogen) atoms. The molecule has 1 aliphatic heterocycles. The number of imide groups is 1. The third-order valence-electron chi connectivity index (χ3n) is 3.41. The number of carbonyl (C=O) groups is 3. The van der Waals surface area contributed by atoms with Crippen LogP contribution in [0.3, 0.4) is 0 Å². The van der Waals surface area contributed by atoms with Crippen LogP contribution in [0.2, 0.25) is 0 Å². The second kappa shape index (κ2) is 9.70. The molecular weight excluding hydrogens is 278 g/mol. The zero-order valence-electron chi connectivity index (χ0n) is 11.8. The average molecular weight is 300 g/mol. The molecule has 5 heteroatoms. The van der Waals surface area contributed by atoms with Crippen molar-refractivity contribution >= 4 is 28.7 Å². The van der Waals surface area contributed by atoms with E-state index in [0.717, 1.165) is 44.9 Å². The second-order valence-corrected chi connectivity index (χ2v) is 5.52. The quantitative estimate of drug-likeness (QED) is 0.334. The fourth-order valence-electron chi connectivity index (χ4n) is 2.25. The van der Waals surface area contributed by atoms with Gasteiger partial charge in [-0.1, -0.05) is 38.5 Å². The Balaban J connectivity index is 1.87. The van der Waals surface area contributed by atoms with Crippen molar-refractivity contribution in [3.63, 3.8) is 0 Å². The molecule has 0 bridgehead atoms. The minimum Gasteiger partial charge on any atom is -0.281 e. The van der Waals surface area contributed by atoms with Crippen LogP contribution >= 0.6 is 11.6 Å². The van der Waals surface area contributed by atoms with E-state index < -0.39 is 0 Å². The van der Waals surface area contributed by atoms with Crippen molar-refractivity contribution in [3.05, 3.63) is 12.2 Å². The molecule has 0 saturated carbocycles. The zero-order valence-corrected chi connectivity index (χ0v) is 12.5. The maximum absolute atomic E-state index is 11.3. The molecule has 0 radical (unpaired) electrons. The molecule has 0 atom stereocenters. The van der Waals surface area contributed by atoms with Crippen molar-refractivity contribution in [1.82, 2.24) is 4.90 Å². The van der Waals surface area contributed by atoms with Gasteiger partial charge in [-0.25, -0.2) is 0 Å². The first-order valence-corrected chi connectivity index (χ1v) is 7.71. The lowest BCUT2D eigenvalue weighted by atomic mass is 10.1. The highest BCUT2D eigenvalue weighted by atomic mass is 35.5. The van der Waals surface area contributed by atoms with Crippen LogP contribution in [-0.2, 0) is 14.4 Å². The third kappa shape index (κ3) is 6.85. The predicted molar refractivity (Wildman–Crippen MR) is 78.3 cm³/mol. The molecule has 0 fully saturated rings. The van der Waals surface area contributed by atoms with E-state index in [1.54, 1.807) is 0 Å². The van der Waals surface area contributed by atoms with E-state index in [2.05, 4.69) is 0 Å². The first-order chi connectivity index (χ1) is 9.61. The maximum atomic E-state index is 11.3. The second-order valence-electron chi connectivity index (χ2n) is 5.09. The van der Waals surface area contributed by atoms with E-state index in [0.29, 0.717) is 13.0 Å². The third-order valence-corrected chi connectivity index (χ3v) is 3.59. The van der Waals surface area contributed by atoms with Crippen LogP contribution in [0.15, 0.2) is 12.2 Å². The number of nitrogens with zero attached hydrogens (tertiary/aromatic N) is 1. The summed E-state index contributed by atoms with van der Waals surface area (Å²) >= 11 is 5.25. The van der Waals surface area contributed by atoms with Gasteiger partial charge in [-0.05, 0) is 24.4 Å². The Morgan fingerprint density at radius 3 is 1.80 bits per heavy atom. The van der Waals surface area contributed by atoms with Gasteiger partial charge in [0, 0.05) is 25.1 Å². The molecule has 0 unspecified atom stereocenters. The summed E-state index contributed by atoms with van der Waals surface area (Å²) < 4.78 is 0. The normalized spacial score (nSPS) is 14.3. The number of hydrogen-bond donors (Lipinski definition) is 0. The summed E-state index contributed by atoms with van der Waals surface area (Å²) in [5, 5.41) is -0.245. The van der Waals surface area contributed by atoms with Gasteiger partial charge in [0.2, 0.25) is 5.24 Å². The van der Waals surface area contributed by atoms with Crippen LogP contribution < -0.4 is 0 Å². The Morgan fingerprint density at radius 1 is 0.850 bits per heavy atom. The molecule has 1 heterocycles. The lowest BCUT2D eigenvalue weighted by molar-refractivity contribution is -0.136. The summed E-state index contributed by atoms with van der Waals surface area (Å²) in [6.45, 7) is 0.530. The van der Waals surface area contributed by atoms with Crippen LogP contribution in [0, 0.1) is 0 Å². The molecule has 0 spiro atoms. The molecule has 0 saturated heterocycles. The monoisotopic (exact) mass is 299 g/mol. The Kier molecular flexibility index (Phi) is 8.19. The molecule has 4 nitrogen and oxygen atoms in total. The molecule has 1 aliphatic rings. The van der Waals surface area contributed by atoms with Gasteiger partial charge in [0.05, 0.1) is 0 Å². The summed E-state index contributed by atoms with van der Waals surface area (Å²) in [4.78, 5) is 34.4. The number of halogens is 1. The molecule has 0 aromatic rings. The SMILES string of the molecule is O=C(Cl)CCCCCCCCCCN1C(=O)C=CC1=O. The van der Waals surface area contributed by atoms with E-state index in [1.165, 1.54) is 23.5 Å². The molecule has 0 aromatic heterocycles. The highest BCUT2D eigenvalue weighted by molar-refractivity contribution is 6.63. The molecule has 1 rings (SSSR count). The molecule has 0 aliphatic carbocycles. The maximum Gasteiger partial charge on any atom is 0.253 e. The van der Waals surface area contributed by atoms with Crippen molar-refractivity contribution in [2.75, 3.05) is 6.54 Å². The van der Waals surface area contributed by atoms with E-state index in [9.17, 15) is 14.4 Å². The average Bonchev–Trinajstić information content (AvgIpc) is 2.71. The molecule has 2 amide bonds. The van der Waals surface area contributed by atoms with Gasteiger partial charge in [0.25, 0.3) is 11.8 Å². The number of amides is 2. The van der Waals surface area contributed by atoms with E-state index in [4.69, 9.17) is 11.6 Å². The Bertz CT molecular complexity index is 361.